The first kappa shape index (κ1) is 14.0. The molecule has 1 fully saturated rings. The van der Waals surface area contributed by atoms with Gasteiger partial charge in [-0.3, -0.25) is 9.89 Å². The molecule has 1 unspecified atom stereocenters. The van der Waals surface area contributed by atoms with Crippen LogP contribution in [0.15, 0.2) is 35.3 Å². The second-order valence-electron chi connectivity index (χ2n) is 5.29. The van der Waals surface area contributed by atoms with Crippen molar-refractivity contribution in [3.8, 4) is 0 Å². The van der Waals surface area contributed by atoms with E-state index in [1.165, 1.54) is 0 Å². The van der Waals surface area contributed by atoms with E-state index in [2.05, 4.69) is 10.3 Å². The Morgan fingerprint density at radius 1 is 1.38 bits per heavy atom. The molecule has 1 saturated heterocycles. The number of nitrogens with zero attached hydrogens (tertiary/aromatic N) is 2. The molecule has 0 spiro atoms. The zero-order valence-corrected chi connectivity index (χ0v) is 12.7. The number of hydrogen-bond donors (Lipinski definition) is 1. The summed E-state index contributed by atoms with van der Waals surface area (Å²) in [7, 11) is 0. The summed E-state index contributed by atoms with van der Waals surface area (Å²) in [5, 5.41) is 3.15. The SMILES string of the molecule is CC1(C(=S)Nc2ccccc2)OC(=O)N2CCCCN=C21. The molecule has 0 aromatic heterocycles. The van der Waals surface area contributed by atoms with Gasteiger partial charge in [-0.1, -0.05) is 30.4 Å². The summed E-state index contributed by atoms with van der Waals surface area (Å²) in [5.41, 5.74) is -0.125. The van der Waals surface area contributed by atoms with Crippen molar-refractivity contribution in [2.75, 3.05) is 18.4 Å². The Morgan fingerprint density at radius 2 is 2.14 bits per heavy atom. The fraction of sp³-hybridized carbons (Fsp3) is 0.400. The number of ether oxygens (including phenoxy) is 1. The Labute approximate surface area is 129 Å². The monoisotopic (exact) mass is 303 g/mol. The third-order valence-electron chi connectivity index (χ3n) is 3.71. The molecule has 1 atom stereocenters. The number of para-hydroxylation sites is 1. The van der Waals surface area contributed by atoms with Crippen LogP contribution in [0.4, 0.5) is 10.5 Å². The van der Waals surface area contributed by atoms with Gasteiger partial charge >= 0.3 is 6.09 Å². The summed E-state index contributed by atoms with van der Waals surface area (Å²) in [4.78, 5) is 18.6. The lowest BCUT2D eigenvalue weighted by atomic mass is 10.0. The van der Waals surface area contributed by atoms with E-state index in [1.807, 2.05) is 30.3 Å². The molecule has 0 radical (unpaired) electrons. The van der Waals surface area contributed by atoms with E-state index in [0.717, 1.165) is 18.5 Å². The quantitative estimate of drug-likeness (QED) is 0.854. The second kappa shape index (κ2) is 5.44. The van der Waals surface area contributed by atoms with Gasteiger partial charge in [0.25, 0.3) is 0 Å². The Bertz CT molecular complexity index is 602. The number of amides is 1. The van der Waals surface area contributed by atoms with Crippen LogP contribution in [0.5, 0.6) is 0 Å². The van der Waals surface area contributed by atoms with Gasteiger partial charge in [0.2, 0.25) is 5.60 Å². The van der Waals surface area contributed by atoms with Crippen LogP contribution < -0.4 is 5.32 Å². The van der Waals surface area contributed by atoms with Crippen molar-refractivity contribution in [1.29, 1.82) is 0 Å². The van der Waals surface area contributed by atoms with Crippen LogP contribution in [0.25, 0.3) is 0 Å². The van der Waals surface area contributed by atoms with Gasteiger partial charge in [0.15, 0.2) is 5.84 Å². The summed E-state index contributed by atoms with van der Waals surface area (Å²) in [5.74, 6) is 0.624. The minimum atomic E-state index is -0.993. The molecule has 2 aliphatic heterocycles. The van der Waals surface area contributed by atoms with Gasteiger partial charge in [-0.2, -0.15) is 0 Å². The van der Waals surface area contributed by atoms with Gasteiger partial charge in [0.05, 0.1) is 0 Å². The summed E-state index contributed by atoms with van der Waals surface area (Å²) >= 11 is 5.48. The molecule has 0 aliphatic carbocycles. The fourth-order valence-corrected chi connectivity index (χ4v) is 2.79. The molecule has 2 heterocycles. The number of fused-ring (bicyclic) bond motifs is 1. The molecule has 0 saturated carbocycles. The van der Waals surface area contributed by atoms with Crippen molar-refractivity contribution in [2.24, 2.45) is 4.99 Å². The highest BCUT2D eigenvalue weighted by molar-refractivity contribution is 7.80. The highest BCUT2D eigenvalue weighted by Crippen LogP contribution is 2.29. The van der Waals surface area contributed by atoms with Crippen molar-refractivity contribution in [3.05, 3.63) is 30.3 Å². The van der Waals surface area contributed by atoms with E-state index >= 15 is 0 Å². The van der Waals surface area contributed by atoms with Gasteiger partial charge in [-0.15, -0.1) is 0 Å². The third kappa shape index (κ3) is 2.51. The number of hydrogen-bond acceptors (Lipinski definition) is 4. The number of carbonyl (C=O) groups excluding carboxylic acids is 1. The molecular formula is C15H17N3O2S. The summed E-state index contributed by atoms with van der Waals surface area (Å²) in [6, 6.07) is 9.60. The maximum atomic E-state index is 12.1. The molecule has 1 amide bonds. The zero-order chi connectivity index (χ0) is 14.9. The number of carbonyl (C=O) groups is 1. The topological polar surface area (TPSA) is 53.9 Å². The smallest absolute Gasteiger partial charge is 0.416 e. The van der Waals surface area contributed by atoms with Crippen molar-refractivity contribution in [2.45, 2.75) is 25.4 Å². The van der Waals surface area contributed by atoms with Crippen molar-refractivity contribution >= 4 is 34.8 Å². The lowest BCUT2D eigenvalue weighted by molar-refractivity contribution is 0.121. The standard InChI is InChI=1S/C15H17N3O2S/c1-15(13(21)17-11-7-3-2-4-8-11)12-16-9-5-6-10-18(12)14(19)20-15/h2-4,7-8H,5-6,9-10H2,1H3,(H,17,21). The Balaban J connectivity index is 1.87. The zero-order valence-electron chi connectivity index (χ0n) is 11.8. The Kier molecular flexibility index (Phi) is 3.63. The van der Waals surface area contributed by atoms with Crippen LogP contribution in [0.1, 0.15) is 19.8 Å². The molecule has 6 heteroatoms. The molecule has 0 bridgehead atoms. The molecule has 1 N–H and O–H groups in total. The average Bonchev–Trinajstić information content (AvgIpc) is 2.66. The summed E-state index contributed by atoms with van der Waals surface area (Å²) in [6.45, 7) is 3.14. The van der Waals surface area contributed by atoms with Crippen LogP contribution in [-0.4, -0.2) is 40.5 Å². The van der Waals surface area contributed by atoms with Gasteiger partial charge in [0, 0.05) is 18.8 Å². The minimum Gasteiger partial charge on any atom is -0.427 e. The number of rotatable bonds is 2. The number of anilines is 1. The first-order valence-electron chi connectivity index (χ1n) is 7.03. The van der Waals surface area contributed by atoms with E-state index in [-0.39, 0.29) is 6.09 Å². The van der Waals surface area contributed by atoms with Crippen LogP contribution >= 0.6 is 12.2 Å². The van der Waals surface area contributed by atoms with Gasteiger partial charge in [-0.05, 0) is 31.9 Å². The molecular weight excluding hydrogens is 286 g/mol. The number of cyclic esters (lactones) is 1. The molecule has 110 valence electrons. The van der Waals surface area contributed by atoms with Gasteiger partial charge in [-0.25, -0.2) is 4.79 Å². The molecule has 1 aromatic rings. The highest BCUT2D eigenvalue weighted by atomic mass is 32.1. The fourth-order valence-electron chi connectivity index (χ4n) is 2.54. The first-order chi connectivity index (χ1) is 10.1. The van der Waals surface area contributed by atoms with Crippen LogP contribution in [0, 0.1) is 0 Å². The minimum absolute atomic E-state index is 0.365. The van der Waals surface area contributed by atoms with E-state index in [0.29, 0.717) is 23.9 Å². The van der Waals surface area contributed by atoms with Crippen molar-refractivity contribution < 1.29 is 9.53 Å². The lowest BCUT2D eigenvalue weighted by Gasteiger charge is -2.24. The number of benzene rings is 1. The van der Waals surface area contributed by atoms with E-state index in [9.17, 15) is 4.79 Å². The normalized spacial score (nSPS) is 24.7. The molecule has 2 aliphatic rings. The summed E-state index contributed by atoms with van der Waals surface area (Å²) < 4.78 is 5.54. The Morgan fingerprint density at radius 3 is 2.90 bits per heavy atom. The predicted molar refractivity (Wildman–Crippen MR) is 85.8 cm³/mol. The Hall–Kier alpha value is -1.95. The average molecular weight is 303 g/mol. The maximum Gasteiger partial charge on any atom is 0.416 e. The number of thiocarbonyl (C=S) groups is 1. The van der Waals surface area contributed by atoms with Crippen LogP contribution in [0.2, 0.25) is 0 Å². The van der Waals surface area contributed by atoms with E-state index in [1.54, 1.807) is 11.8 Å². The molecule has 1 aromatic carbocycles. The van der Waals surface area contributed by atoms with Crippen molar-refractivity contribution in [3.63, 3.8) is 0 Å². The first-order valence-corrected chi connectivity index (χ1v) is 7.44. The summed E-state index contributed by atoms with van der Waals surface area (Å²) in [6.07, 6.45) is 1.54. The molecule has 21 heavy (non-hydrogen) atoms. The van der Waals surface area contributed by atoms with Crippen molar-refractivity contribution in [1.82, 2.24) is 4.90 Å². The number of amidine groups is 1. The maximum absolute atomic E-state index is 12.1. The largest absolute Gasteiger partial charge is 0.427 e. The van der Waals surface area contributed by atoms with Gasteiger partial charge < -0.3 is 10.1 Å². The number of nitrogens with one attached hydrogen (secondary N) is 1. The highest BCUT2D eigenvalue weighted by Gasteiger charge is 2.51. The molecule has 5 nitrogen and oxygen atoms in total. The van der Waals surface area contributed by atoms with E-state index in [4.69, 9.17) is 17.0 Å². The second-order valence-corrected chi connectivity index (χ2v) is 5.69. The van der Waals surface area contributed by atoms with E-state index < -0.39 is 5.60 Å². The van der Waals surface area contributed by atoms with Crippen LogP contribution in [-0.2, 0) is 4.74 Å². The third-order valence-corrected chi connectivity index (χ3v) is 4.20. The van der Waals surface area contributed by atoms with Crippen LogP contribution in [0.3, 0.4) is 0 Å². The van der Waals surface area contributed by atoms with Gasteiger partial charge in [0.1, 0.15) is 4.99 Å². The molecule has 3 rings (SSSR count). The number of aliphatic imine (C=N–C) groups is 1. The lowest BCUT2D eigenvalue weighted by Crippen LogP contribution is -2.47. The predicted octanol–water partition coefficient (Wildman–Crippen LogP) is 2.83.